The highest BCUT2D eigenvalue weighted by Gasteiger charge is 2.47. The Kier molecular flexibility index (Phi) is 8.36. The van der Waals surface area contributed by atoms with Crippen LogP contribution in [-0.2, 0) is 35.1 Å². The topological polar surface area (TPSA) is 182 Å². The smallest absolute Gasteiger partial charge is 0.305 e. The van der Waals surface area contributed by atoms with E-state index in [-0.39, 0.29) is 73.1 Å². The van der Waals surface area contributed by atoms with Crippen molar-refractivity contribution in [2.24, 2.45) is 0 Å². The van der Waals surface area contributed by atoms with Gasteiger partial charge in [0.1, 0.15) is 17.4 Å². The van der Waals surface area contributed by atoms with Crippen molar-refractivity contribution in [3.05, 3.63) is 29.3 Å². The molecule has 0 bridgehead atoms. The number of nitrogens with one attached hydrogen (secondary N) is 2. The minimum absolute atomic E-state index is 0.000885. The van der Waals surface area contributed by atoms with Gasteiger partial charge in [-0.2, -0.15) is 0 Å². The molecular weight excluding hydrogens is 470 g/mol. The van der Waals surface area contributed by atoms with Gasteiger partial charge in [0.15, 0.2) is 4.90 Å². The fraction of sp³-hybridized carbons (Fsp3) is 0.429. The molecule has 1 aromatic rings. The van der Waals surface area contributed by atoms with Crippen LogP contribution in [-0.4, -0.2) is 81.6 Å². The lowest BCUT2D eigenvalue weighted by Crippen LogP contribution is -2.54. The number of ether oxygens (including phenoxy) is 1. The molecule has 0 aromatic heterocycles. The number of carbonyl (C=O) groups is 6. The van der Waals surface area contributed by atoms with E-state index in [0.717, 1.165) is 4.90 Å². The standard InChI is InChI=1S/C21H23N3O9S/c25-15(22-8-6-17(27)28)7-9-33-10-11-34(32)14-3-1-2-12-18(14)21(31)24(20(12)30)13-4-5-16(26)23-19(13)29/h1-3,13H,4-11H2,(H,22,25)(H,27,28)(H,23,26,29). The molecule has 1 aromatic carbocycles. The lowest BCUT2D eigenvalue weighted by Gasteiger charge is -2.27. The molecular formula is C21H23N3O9S. The second-order valence-corrected chi connectivity index (χ2v) is 9.07. The number of hydrogen-bond acceptors (Lipinski definition) is 8. The maximum Gasteiger partial charge on any atom is 0.305 e. The van der Waals surface area contributed by atoms with Crippen molar-refractivity contribution in [3.63, 3.8) is 0 Å². The molecule has 3 rings (SSSR count). The molecule has 2 aliphatic heterocycles. The number of nitrogens with zero attached hydrogens (tertiary/aromatic N) is 1. The van der Waals surface area contributed by atoms with Crippen molar-refractivity contribution in [2.75, 3.05) is 25.5 Å². The van der Waals surface area contributed by atoms with Gasteiger partial charge >= 0.3 is 5.97 Å². The molecule has 2 atom stereocenters. The summed E-state index contributed by atoms with van der Waals surface area (Å²) in [6.07, 6.45) is -0.167. The van der Waals surface area contributed by atoms with Crippen LogP contribution in [0, 0.1) is 0 Å². The van der Waals surface area contributed by atoms with Gasteiger partial charge in [0.05, 0.1) is 25.2 Å². The van der Waals surface area contributed by atoms with Crippen LogP contribution in [0.25, 0.3) is 0 Å². The van der Waals surface area contributed by atoms with Crippen LogP contribution < -0.4 is 10.6 Å². The summed E-state index contributed by atoms with van der Waals surface area (Å²) in [7, 11) is 0. The fourth-order valence-electron chi connectivity index (χ4n) is 3.58. The predicted octanol–water partition coefficient (Wildman–Crippen LogP) is -0.807. The average Bonchev–Trinajstić information content (AvgIpc) is 3.03. The van der Waals surface area contributed by atoms with Gasteiger partial charge in [0, 0.05) is 19.4 Å². The summed E-state index contributed by atoms with van der Waals surface area (Å²) in [6.45, 7) is 0.0568. The Hall–Kier alpha value is -3.29. The van der Waals surface area contributed by atoms with Gasteiger partial charge in [0.2, 0.25) is 17.7 Å². The van der Waals surface area contributed by atoms with E-state index in [1.54, 1.807) is 0 Å². The molecule has 0 spiro atoms. The molecule has 0 aliphatic carbocycles. The molecule has 34 heavy (non-hydrogen) atoms. The van der Waals surface area contributed by atoms with Crippen LogP contribution in [0.5, 0.6) is 0 Å². The first-order valence-corrected chi connectivity index (χ1v) is 11.8. The van der Waals surface area contributed by atoms with Crippen molar-refractivity contribution in [3.8, 4) is 0 Å². The Labute approximate surface area is 197 Å². The van der Waals surface area contributed by atoms with E-state index in [2.05, 4.69) is 10.6 Å². The second kappa shape index (κ2) is 11.2. The Morgan fingerprint density at radius 1 is 1.18 bits per heavy atom. The van der Waals surface area contributed by atoms with E-state index in [0.29, 0.717) is 0 Å². The maximum absolute atomic E-state index is 13.0. The number of imide groups is 2. The first-order valence-electron chi connectivity index (χ1n) is 10.5. The molecule has 0 saturated carbocycles. The number of carbonyl (C=O) groups excluding carboxylic acids is 5. The van der Waals surface area contributed by atoms with Gasteiger partial charge in [0.25, 0.3) is 11.8 Å². The minimum Gasteiger partial charge on any atom is -0.611 e. The fourth-order valence-corrected chi connectivity index (χ4v) is 4.73. The van der Waals surface area contributed by atoms with Gasteiger partial charge < -0.3 is 19.7 Å². The van der Waals surface area contributed by atoms with E-state index >= 15 is 0 Å². The van der Waals surface area contributed by atoms with E-state index in [4.69, 9.17) is 9.84 Å². The molecule has 2 heterocycles. The number of benzene rings is 1. The van der Waals surface area contributed by atoms with Crippen molar-refractivity contribution in [1.29, 1.82) is 0 Å². The molecule has 0 radical (unpaired) electrons. The Morgan fingerprint density at radius 2 is 1.94 bits per heavy atom. The summed E-state index contributed by atoms with van der Waals surface area (Å²) < 4.78 is 18.2. The first kappa shape index (κ1) is 25.3. The SMILES string of the molecule is O=C(O)CCNC(=O)CCOCC[S+]([O-])c1cccc2c1C(=O)N(C1CCC(=O)NC1=O)C2=O. The summed E-state index contributed by atoms with van der Waals surface area (Å²) in [6, 6.07) is 3.26. The number of aliphatic carboxylic acids is 1. The molecule has 2 aliphatic rings. The number of hydrogen-bond donors (Lipinski definition) is 3. The highest BCUT2D eigenvalue weighted by atomic mass is 32.2. The molecule has 12 nitrogen and oxygen atoms in total. The Morgan fingerprint density at radius 3 is 2.65 bits per heavy atom. The zero-order chi connectivity index (χ0) is 24.8. The largest absolute Gasteiger partial charge is 0.611 e. The van der Waals surface area contributed by atoms with E-state index < -0.39 is 46.8 Å². The van der Waals surface area contributed by atoms with Gasteiger partial charge in [-0.05, 0) is 29.7 Å². The van der Waals surface area contributed by atoms with Gasteiger partial charge in [-0.15, -0.1) is 0 Å². The lowest BCUT2D eigenvalue weighted by atomic mass is 10.0. The summed E-state index contributed by atoms with van der Waals surface area (Å²) in [5.74, 6) is -4.02. The third kappa shape index (κ3) is 5.79. The number of carboxylic acids is 1. The van der Waals surface area contributed by atoms with Gasteiger partial charge in [-0.25, -0.2) is 0 Å². The van der Waals surface area contributed by atoms with Crippen LogP contribution in [0.2, 0.25) is 0 Å². The van der Waals surface area contributed by atoms with E-state index in [1.165, 1.54) is 18.2 Å². The molecule has 3 N–H and O–H groups in total. The number of rotatable bonds is 11. The zero-order valence-corrected chi connectivity index (χ0v) is 18.9. The number of fused-ring (bicyclic) bond motifs is 1. The number of amides is 5. The van der Waals surface area contributed by atoms with Crippen LogP contribution in [0.15, 0.2) is 23.1 Å². The highest BCUT2D eigenvalue weighted by molar-refractivity contribution is 7.91. The van der Waals surface area contributed by atoms with Crippen LogP contribution in [0.1, 0.15) is 46.4 Å². The van der Waals surface area contributed by atoms with Crippen molar-refractivity contribution < 1.29 is 43.2 Å². The summed E-state index contributed by atoms with van der Waals surface area (Å²) in [4.78, 5) is 72.4. The molecule has 1 saturated heterocycles. The number of piperidine rings is 1. The lowest BCUT2D eigenvalue weighted by molar-refractivity contribution is -0.138. The monoisotopic (exact) mass is 493 g/mol. The third-order valence-corrected chi connectivity index (χ3v) is 6.59. The normalized spacial score (nSPS) is 18.5. The van der Waals surface area contributed by atoms with Crippen molar-refractivity contribution in [2.45, 2.75) is 36.6 Å². The summed E-state index contributed by atoms with van der Waals surface area (Å²) in [5.41, 5.74) is 0.00726. The second-order valence-electron chi connectivity index (χ2n) is 7.53. The van der Waals surface area contributed by atoms with E-state index in [9.17, 15) is 33.3 Å². The molecule has 5 amide bonds. The average molecular weight is 493 g/mol. The Bertz CT molecular complexity index is 1030. The summed E-state index contributed by atoms with van der Waals surface area (Å²) in [5, 5.41) is 13.1. The van der Waals surface area contributed by atoms with E-state index in [1.807, 2.05) is 0 Å². The molecule has 1 fully saturated rings. The molecule has 13 heteroatoms. The van der Waals surface area contributed by atoms with Crippen LogP contribution in [0.4, 0.5) is 0 Å². The predicted molar refractivity (Wildman–Crippen MR) is 115 cm³/mol. The summed E-state index contributed by atoms with van der Waals surface area (Å²) >= 11 is -1.70. The first-order chi connectivity index (χ1) is 16.2. The van der Waals surface area contributed by atoms with Crippen molar-refractivity contribution in [1.82, 2.24) is 15.5 Å². The molecule has 2 unspecified atom stereocenters. The number of carboxylic acid groups (broad SMARTS) is 1. The van der Waals surface area contributed by atoms with Crippen molar-refractivity contribution >= 4 is 46.7 Å². The quantitative estimate of drug-likeness (QED) is 0.202. The third-order valence-electron chi connectivity index (χ3n) is 5.22. The minimum atomic E-state index is -1.70. The van der Waals surface area contributed by atoms with Crippen LogP contribution >= 0.6 is 0 Å². The maximum atomic E-state index is 13.0. The molecule has 182 valence electrons. The van der Waals surface area contributed by atoms with Gasteiger partial charge in [-0.1, -0.05) is 6.07 Å². The van der Waals surface area contributed by atoms with Crippen LogP contribution in [0.3, 0.4) is 0 Å². The zero-order valence-electron chi connectivity index (χ0n) is 18.0. The Balaban J connectivity index is 1.56. The highest BCUT2D eigenvalue weighted by Crippen LogP contribution is 2.32. The van der Waals surface area contributed by atoms with Gasteiger partial charge in [-0.3, -0.25) is 39.0 Å².